The standard InChI is InChI=1S/C57H65N9O13/c1-5-38-39-28-37(18-19-43(39)62-49-40(38)30-66-46(49)29-42-41(52(66)71)32-77-53(72)57(42,76)6-2)79-56(75)65-25-23-64(24-26-65)55(74)78-31-35-14-16-36(17-15-35)60-50(69)44(13-10-22-59-54(58)73)63-51(70)45(27-34-11-8-7-9-12-34)61-48(68)21-20-47(67)33(3)4/h7-9,11-12,14-19,28-29,33,44-45,76H,5-6,10,13,20-27,30-32H2,1-4H3,(H,60,69)(H,61,68)(H,63,70)(H3,58,59,73)/t44-,45?,57-/m0/s1. The van der Waals surface area contributed by atoms with Gasteiger partial charge in [0.25, 0.3) is 5.56 Å². The maximum absolute atomic E-state index is 13.8. The summed E-state index contributed by atoms with van der Waals surface area (Å²) in [4.78, 5) is 125. The molecule has 8 rings (SSSR count). The molecule has 0 radical (unpaired) electrons. The van der Waals surface area contributed by atoms with Crippen LogP contribution < -0.4 is 37.3 Å². The van der Waals surface area contributed by atoms with Gasteiger partial charge in [-0.2, -0.15) is 0 Å². The van der Waals surface area contributed by atoms with E-state index in [1.807, 2.05) is 13.0 Å². The van der Waals surface area contributed by atoms with Gasteiger partial charge in [-0.1, -0.05) is 70.2 Å². The van der Waals surface area contributed by atoms with E-state index >= 15 is 0 Å². The average molecular weight is 1080 g/mol. The number of piperazine rings is 1. The fourth-order valence-corrected chi connectivity index (χ4v) is 9.91. The summed E-state index contributed by atoms with van der Waals surface area (Å²) in [7, 11) is 0. The van der Waals surface area contributed by atoms with E-state index in [4.69, 9.17) is 24.9 Å². The highest BCUT2D eigenvalue weighted by atomic mass is 16.6. The molecule has 0 bridgehead atoms. The summed E-state index contributed by atoms with van der Waals surface area (Å²) < 4.78 is 18.2. The highest BCUT2D eigenvalue weighted by Crippen LogP contribution is 2.41. The van der Waals surface area contributed by atoms with Gasteiger partial charge in [0.1, 0.15) is 36.8 Å². The van der Waals surface area contributed by atoms with E-state index in [1.165, 1.54) is 9.80 Å². The third-order valence-electron chi connectivity index (χ3n) is 14.5. The zero-order chi connectivity index (χ0) is 56.5. The number of rotatable bonds is 20. The molecule has 0 aliphatic carbocycles. The van der Waals surface area contributed by atoms with Crippen molar-refractivity contribution >= 4 is 64.3 Å². The van der Waals surface area contributed by atoms with Crippen molar-refractivity contribution in [3.8, 4) is 17.1 Å². The van der Waals surface area contributed by atoms with Crippen LogP contribution in [0.5, 0.6) is 5.75 Å². The number of carbonyl (C=O) groups is 8. The molecule has 7 N–H and O–H groups in total. The monoisotopic (exact) mass is 1080 g/mol. The predicted molar refractivity (Wildman–Crippen MR) is 288 cm³/mol. The number of urea groups is 1. The zero-order valence-electron chi connectivity index (χ0n) is 44.6. The Bertz CT molecular complexity index is 3230. The molecule has 416 valence electrons. The molecule has 5 aromatic rings. The fraction of sp³-hybridized carbons (Fsp3) is 0.404. The summed E-state index contributed by atoms with van der Waals surface area (Å²) >= 11 is 0. The lowest BCUT2D eigenvalue weighted by Gasteiger charge is -2.33. The number of nitrogens with zero attached hydrogens (tertiary/aromatic N) is 4. The number of hydrogen-bond acceptors (Lipinski definition) is 14. The summed E-state index contributed by atoms with van der Waals surface area (Å²) in [6.45, 7) is 7.88. The number of ether oxygens (including phenoxy) is 3. The molecule has 22 nitrogen and oxygen atoms in total. The zero-order valence-corrected chi connectivity index (χ0v) is 44.6. The number of aliphatic hydroxyl groups is 1. The first-order valence-electron chi connectivity index (χ1n) is 26.5. The normalized spacial score (nSPS) is 16.2. The van der Waals surface area contributed by atoms with Crippen LogP contribution in [-0.2, 0) is 71.6 Å². The number of primary amides is 1. The topological polar surface area (TPSA) is 300 Å². The second-order valence-electron chi connectivity index (χ2n) is 20.1. The maximum atomic E-state index is 13.8. The SMILES string of the molecule is CCc1c2c(nc3ccc(OC(=O)N4CCN(C(=O)OCc5ccc(NC(=O)[C@H](CCCNC(N)=O)NC(=O)C(Cc6ccccc6)NC(=O)CCC(=O)C(C)C)cc5)CC4)cc13)-c1cc3c(c(=O)n1C2)COC(=O)[C@]3(O)CC. The number of aromatic nitrogens is 2. The van der Waals surface area contributed by atoms with Crippen LogP contribution in [0.3, 0.4) is 0 Å². The summed E-state index contributed by atoms with van der Waals surface area (Å²) in [6.07, 6.45) is -0.198. The second kappa shape index (κ2) is 24.8. The molecule has 2 aromatic heterocycles. The highest BCUT2D eigenvalue weighted by molar-refractivity contribution is 5.99. The number of nitrogens with two attached hydrogens (primary N) is 1. The molecule has 3 aliphatic rings. The molecule has 3 atom stereocenters. The van der Waals surface area contributed by atoms with Crippen molar-refractivity contribution in [3.05, 3.63) is 123 Å². The maximum Gasteiger partial charge on any atom is 0.415 e. The number of cyclic esters (lactones) is 1. The van der Waals surface area contributed by atoms with Crippen molar-refractivity contribution in [1.82, 2.24) is 35.3 Å². The number of benzene rings is 3. The smallest absolute Gasteiger partial charge is 0.415 e. The number of nitrogens with one attached hydrogen (secondary N) is 4. The number of anilines is 1. The lowest BCUT2D eigenvalue weighted by molar-refractivity contribution is -0.172. The summed E-state index contributed by atoms with van der Waals surface area (Å²) in [5.74, 6) is -2.52. The van der Waals surface area contributed by atoms with Gasteiger partial charge in [0.05, 0.1) is 29.0 Å². The van der Waals surface area contributed by atoms with Crippen LogP contribution in [0.2, 0.25) is 0 Å². The van der Waals surface area contributed by atoms with E-state index in [2.05, 4.69) is 21.3 Å². The van der Waals surface area contributed by atoms with Gasteiger partial charge in [0.15, 0.2) is 5.60 Å². The molecule has 0 spiro atoms. The largest absolute Gasteiger partial charge is 0.458 e. The number of ketones is 1. The molecule has 3 aliphatic heterocycles. The fourth-order valence-electron chi connectivity index (χ4n) is 9.91. The van der Waals surface area contributed by atoms with Gasteiger partial charge >= 0.3 is 24.2 Å². The molecule has 3 aromatic carbocycles. The molecular formula is C57H65N9O13. The molecule has 1 fully saturated rings. The van der Waals surface area contributed by atoms with Gasteiger partial charge in [0.2, 0.25) is 17.7 Å². The highest BCUT2D eigenvalue weighted by Gasteiger charge is 2.45. The van der Waals surface area contributed by atoms with Gasteiger partial charge in [-0.05, 0) is 78.8 Å². The number of fused-ring (bicyclic) bond motifs is 5. The Hall–Kier alpha value is -8.66. The van der Waals surface area contributed by atoms with E-state index in [0.29, 0.717) is 34.6 Å². The quantitative estimate of drug-likeness (QED) is 0.0446. The van der Waals surface area contributed by atoms with Gasteiger partial charge in [-0.15, -0.1) is 0 Å². The number of amides is 7. The third-order valence-corrected chi connectivity index (χ3v) is 14.5. The summed E-state index contributed by atoms with van der Waals surface area (Å²) in [6, 6.07) is 19.4. The minimum atomic E-state index is -1.95. The van der Waals surface area contributed by atoms with Crippen LogP contribution in [0.15, 0.2) is 83.7 Å². The van der Waals surface area contributed by atoms with Crippen molar-refractivity contribution in [2.24, 2.45) is 11.7 Å². The molecule has 22 heteroatoms. The summed E-state index contributed by atoms with van der Waals surface area (Å²) in [5.41, 5.74) is 8.54. The number of esters is 1. The van der Waals surface area contributed by atoms with Gasteiger partial charge < -0.3 is 60.7 Å². The van der Waals surface area contributed by atoms with Crippen molar-refractivity contribution < 1.29 is 57.7 Å². The van der Waals surface area contributed by atoms with Crippen LogP contribution >= 0.6 is 0 Å². The lowest BCUT2D eigenvalue weighted by Crippen LogP contribution is -2.53. The first-order chi connectivity index (χ1) is 37.9. The van der Waals surface area contributed by atoms with Crippen LogP contribution in [0, 0.1) is 5.92 Å². The molecule has 5 heterocycles. The van der Waals surface area contributed by atoms with Crippen LogP contribution in [0.1, 0.15) is 93.2 Å². The Morgan fingerprint density at radius 1 is 0.823 bits per heavy atom. The van der Waals surface area contributed by atoms with Gasteiger partial charge in [-0.25, -0.2) is 24.2 Å². The van der Waals surface area contributed by atoms with Gasteiger partial charge in [-0.3, -0.25) is 24.0 Å². The Morgan fingerprint density at radius 3 is 2.20 bits per heavy atom. The molecule has 1 unspecified atom stereocenters. The Morgan fingerprint density at radius 2 is 1.53 bits per heavy atom. The van der Waals surface area contributed by atoms with Gasteiger partial charge in [0, 0.05) is 80.1 Å². The molecular weight excluding hydrogens is 1020 g/mol. The van der Waals surface area contributed by atoms with E-state index in [9.17, 15) is 48.3 Å². The first-order valence-corrected chi connectivity index (χ1v) is 26.5. The number of hydrogen-bond donors (Lipinski definition) is 6. The number of pyridine rings is 2. The van der Waals surface area contributed by atoms with E-state index in [0.717, 1.165) is 22.1 Å². The Balaban J connectivity index is 0.836. The average Bonchev–Trinajstić information content (AvgIpc) is 3.92. The third kappa shape index (κ3) is 13.0. The van der Waals surface area contributed by atoms with E-state index < -0.39 is 59.6 Å². The van der Waals surface area contributed by atoms with Crippen LogP contribution in [0.25, 0.3) is 22.3 Å². The number of Topliss-reactive ketones (excluding diaryl/α,β-unsaturated/α-hetero) is 1. The van der Waals surface area contributed by atoms with E-state index in [1.54, 1.807) is 98.1 Å². The molecule has 0 saturated carbocycles. The minimum Gasteiger partial charge on any atom is -0.458 e. The van der Waals surface area contributed by atoms with Crippen molar-refractivity contribution in [2.75, 3.05) is 38.0 Å². The van der Waals surface area contributed by atoms with Crippen LogP contribution in [0.4, 0.5) is 20.1 Å². The molecule has 7 amide bonds. The lowest BCUT2D eigenvalue weighted by atomic mass is 9.86. The van der Waals surface area contributed by atoms with Crippen molar-refractivity contribution in [2.45, 2.75) is 110 Å². The second-order valence-corrected chi connectivity index (χ2v) is 20.1. The Kier molecular flexibility index (Phi) is 17.7. The Labute approximate surface area is 455 Å². The minimum absolute atomic E-state index is 0.0168. The van der Waals surface area contributed by atoms with E-state index in [-0.39, 0.29) is 125 Å². The number of aryl methyl sites for hydroxylation is 1. The first kappa shape index (κ1) is 56.5. The van der Waals surface area contributed by atoms with Crippen molar-refractivity contribution in [1.29, 1.82) is 0 Å². The van der Waals surface area contributed by atoms with Crippen molar-refractivity contribution in [3.63, 3.8) is 0 Å². The molecule has 1 saturated heterocycles. The molecule has 79 heavy (non-hydrogen) atoms. The summed E-state index contributed by atoms with van der Waals surface area (Å²) in [5, 5.41) is 22.8. The number of carbonyl (C=O) groups excluding carboxylic acids is 8. The van der Waals surface area contributed by atoms with Crippen LogP contribution in [-0.4, -0.2) is 117 Å². The predicted octanol–water partition coefficient (Wildman–Crippen LogP) is 4.70.